The summed E-state index contributed by atoms with van der Waals surface area (Å²) in [7, 11) is 1.17. The molecule has 1 heterocycles. The Morgan fingerprint density at radius 3 is 2.56 bits per heavy atom. The third kappa shape index (κ3) is 5.33. The van der Waals surface area contributed by atoms with E-state index in [2.05, 4.69) is 10.1 Å². The summed E-state index contributed by atoms with van der Waals surface area (Å²) < 4.78 is 16.0. The molecule has 2 aromatic rings. The van der Waals surface area contributed by atoms with Gasteiger partial charge in [0.25, 0.3) is 5.91 Å². The van der Waals surface area contributed by atoms with Crippen molar-refractivity contribution in [3.63, 3.8) is 0 Å². The fourth-order valence-electron chi connectivity index (χ4n) is 2.92. The first-order valence-corrected chi connectivity index (χ1v) is 10.3. The highest BCUT2D eigenvalue weighted by Gasteiger charge is 2.35. The van der Waals surface area contributed by atoms with Crippen LogP contribution in [0.4, 0.5) is 4.79 Å². The van der Waals surface area contributed by atoms with E-state index in [-0.39, 0.29) is 17.3 Å². The van der Waals surface area contributed by atoms with Crippen molar-refractivity contribution in [1.82, 2.24) is 10.2 Å². The number of esters is 1. The molecule has 0 bridgehead atoms. The molecular weight excluding hydrogens is 459 g/mol. The Bertz CT molecular complexity index is 1090. The Balaban J connectivity index is 1.85. The number of rotatable bonds is 8. The summed E-state index contributed by atoms with van der Waals surface area (Å²) >= 11 is 12.6. The van der Waals surface area contributed by atoms with Gasteiger partial charge in [0.05, 0.1) is 18.7 Å². The maximum atomic E-state index is 12.5. The van der Waals surface area contributed by atoms with Crippen LogP contribution in [0.1, 0.15) is 18.1 Å². The summed E-state index contributed by atoms with van der Waals surface area (Å²) in [6, 6.07) is 9.75. The monoisotopic (exact) mass is 478 g/mol. The van der Waals surface area contributed by atoms with Crippen LogP contribution in [-0.2, 0) is 20.9 Å². The van der Waals surface area contributed by atoms with Gasteiger partial charge in [-0.3, -0.25) is 9.59 Å². The molecule has 0 aliphatic carbocycles. The molecule has 1 fully saturated rings. The van der Waals surface area contributed by atoms with Gasteiger partial charge in [-0.2, -0.15) is 0 Å². The predicted octanol–water partition coefficient (Wildman–Crippen LogP) is 4.04. The highest BCUT2D eigenvalue weighted by atomic mass is 35.5. The second-order valence-electron chi connectivity index (χ2n) is 6.60. The maximum Gasteiger partial charge on any atom is 0.329 e. The molecule has 10 heteroatoms. The molecule has 0 saturated carbocycles. The first kappa shape index (κ1) is 23.4. The average Bonchev–Trinajstić information content (AvgIpc) is 3.01. The molecular formula is C22H20Cl2N2O6. The minimum atomic E-state index is -0.720. The summed E-state index contributed by atoms with van der Waals surface area (Å²) in [6.45, 7) is 1.85. The fraction of sp³-hybridized carbons (Fsp3) is 0.227. The molecule has 0 unspecified atom stereocenters. The van der Waals surface area contributed by atoms with Crippen LogP contribution in [0.2, 0.25) is 10.0 Å². The fourth-order valence-corrected chi connectivity index (χ4v) is 3.38. The van der Waals surface area contributed by atoms with Gasteiger partial charge < -0.3 is 19.5 Å². The molecule has 2 aromatic carbocycles. The number of amides is 3. The van der Waals surface area contributed by atoms with Crippen LogP contribution in [0.15, 0.2) is 42.1 Å². The molecule has 1 saturated heterocycles. The Hall–Kier alpha value is -3.23. The number of carbonyl (C=O) groups is 3. The lowest BCUT2D eigenvalue weighted by molar-refractivity contribution is -0.143. The molecule has 0 radical (unpaired) electrons. The van der Waals surface area contributed by atoms with Crippen LogP contribution >= 0.6 is 23.2 Å². The number of nitrogens with one attached hydrogen (secondary N) is 1. The molecule has 1 aliphatic rings. The Kier molecular flexibility index (Phi) is 7.61. The van der Waals surface area contributed by atoms with Gasteiger partial charge in [-0.1, -0.05) is 41.4 Å². The average molecular weight is 479 g/mol. The first-order chi connectivity index (χ1) is 15.3. The Morgan fingerprint density at radius 1 is 1.12 bits per heavy atom. The number of urea groups is 1. The third-order valence-corrected chi connectivity index (χ3v) is 5.10. The van der Waals surface area contributed by atoms with Crippen LogP contribution in [0.5, 0.6) is 11.5 Å². The van der Waals surface area contributed by atoms with Gasteiger partial charge in [0.15, 0.2) is 11.5 Å². The van der Waals surface area contributed by atoms with Crippen molar-refractivity contribution in [2.45, 2.75) is 13.5 Å². The van der Waals surface area contributed by atoms with E-state index in [0.717, 1.165) is 10.5 Å². The molecule has 0 spiro atoms. The second kappa shape index (κ2) is 10.4. The summed E-state index contributed by atoms with van der Waals surface area (Å²) in [5.74, 6) is -0.684. The molecule has 1 aliphatic heterocycles. The molecule has 32 heavy (non-hydrogen) atoms. The van der Waals surface area contributed by atoms with E-state index < -0.39 is 24.5 Å². The number of hydrogen-bond donors (Lipinski definition) is 1. The number of imide groups is 1. The van der Waals surface area contributed by atoms with E-state index in [1.807, 2.05) is 25.1 Å². The van der Waals surface area contributed by atoms with Crippen molar-refractivity contribution in [1.29, 1.82) is 0 Å². The van der Waals surface area contributed by atoms with Gasteiger partial charge in [-0.15, -0.1) is 0 Å². The van der Waals surface area contributed by atoms with Gasteiger partial charge in [0.1, 0.15) is 18.8 Å². The number of halogens is 2. The van der Waals surface area contributed by atoms with Gasteiger partial charge in [-0.25, -0.2) is 9.69 Å². The molecule has 1 N–H and O–H groups in total. The van der Waals surface area contributed by atoms with Crippen molar-refractivity contribution in [2.75, 3.05) is 20.3 Å². The summed E-state index contributed by atoms with van der Waals surface area (Å²) in [4.78, 5) is 36.7. The van der Waals surface area contributed by atoms with E-state index in [0.29, 0.717) is 28.7 Å². The smallest absolute Gasteiger partial charge is 0.329 e. The van der Waals surface area contributed by atoms with E-state index in [1.54, 1.807) is 18.2 Å². The minimum Gasteiger partial charge on any atom is -0.490 e. The number of hydrogen-bond acceptors (Lipinski definition) is 6. The first-order valence-electron chi connectivity index (χ1n) is 9.58. The predicted molar refractivity (Wildman–Crippen MR) is 119 cm³/mol. The number of carbonyl (C=O) groups excluding carboxylic acids is 3. The van der Waals surface area contributed by atoms with E-state index in [1.165, 1.54) is 13.2 Å². The summed E-state index contributed by atoms with van der Waals surface area (Å²) in [5, 5.41) is 3.24. The number of benzene rings is 2. The van der Waals surface area contributed by atoms with Crippen molar-refractivity contribution < 1.29 is 28.6 Å². The lowest BCUT2D eigenvalue weighted by Gasteiger charge is -2.15. The van der Waals surface area contributed by atoms with Crippen molar-refractivity contribution in [2.24, 2.45) is 0 Å². The van der Waals surface area contributed by atoms with Gasteiger partial charge in [-0.05, 0) is 36.8 Å². The molecule has 0 atom stereocenters. The number of ether oxygens (including phenoxy) is 3. The van der Waals surface area contributed by atoms with Crippen LogP contribution < -0.4 is 14.8 Å². The third-order valence-electron chi connectivity index (χ3n) is 4.45. The van der Waals surface area contributed by atoms with Crippen LogP contribution in [0.3, 0.4) is 0 Å². The number of methoxy groups -OCH3 is 1. The SMILES string of the molecule is CCOc1cc(/C=C2/NC(=O)N(CC(=O)OC)C2=O)cc(Cl)c1OCc1ccccc1Cl. The van der Waals surface area contributed by atoms with Crippen LogP contribution in [0.25, 0.3) is 6.08 Å². The molecule has 8 nitrogen and oxygen atoms in total. The molecule has 3 rings (SSSR count). The topological polar surface area (TPSA) is 94.2 Å². The van der Waals surface area contributed by atoms with Crippen LogP contribution in [-0.4, -0.2) is 43.1 Å². The van der Waals surface area contributed by atoms with Crippen molar-refractivity contribution in [3.05, 3.63) is 63.3 Å². The largest absolute Gasteiger partial charge is 0.490 e. The second-order valence-corrected chi connectivity index (χ2v) is 7.41. The van der Waals surface area contributed by atoms with E-state index >= 15 is 0 Å². The van der Waals surface area contributed by atoms with Crippen molar-refractivity contribution >= 4 is 47.2 Å². The zero-order valence-electron chi connectivity index (χ0n) is 17.3. The van der Waals surface area contributed by atoms with Crippen molar-refractivity contribution in [3.8, 4) is 11.5 Å². The molecule has 0 aromatic heterocycles. The lowest BCUT2D eigenvalue weighted by Crippen LogP contribution is -2.36. The van der Waals surface area contributed by atoms with Gasteiger partial charge in [0, 0.05) is 10.6 Å². The van der Waals surface area contributed by atoms with Gasteiger partial charge in [0.2, 0.25) is 0 Å². The number of nitrogens with zero attached hydrogens (tertiary/aromatic N) is 1. The zero-order valence-corrected chi connectivity index (χ0v) is 18.8. The highest BCUT2D eigenvalue weighted by Crippen LogP contribution is 2.38. The van der Waals surface area contributed by atoms with E-state index in [4.69, 9.17) is 32.7 Å². The molecule has 3 amide bonds. The Morgan fingerprint density at radius 2 is 1.88 bits per heavy atom. The van der Waals surface area contributed by atoms with Gasteiger partial charge >= 0.3 is 12.0 Å². The van der Waals surface area contributed by atoms with E-state index in [9.17, 15) is 14.4 Å². The Labute approximate surface area is 194 Å². The highest BCUT2D eigenvalue weighted by molar-refractivity contribution is 6.32. The lowest BCUT2D eigenvalue weighted by atomic mass is 10.1. The summed E-state index contributed by atoms with van der Waals surface area (Å²) in [6.07, 6.45) is 1.43. The summed E-state index contributed by atoms with van der Waals surface area (Å²) in [5.41, 5.74) is 1.26. The van der Waals surface area contributed by atoms with Crippen LogP contribution in [0, 0.1) is 0 Å². The minimum absolute atomic E-state index is 0.0119. The normalized spacial score (nSPS) is 14.5. The zero-order chi connectivity index (χ0) is 23.3. The standard InChI is InChI=1S/C22H20Cl2N2O6/c1-3-31-18-10-13(9-17-21(28)26(22(29)25-17)11-19(27)30-2)8-16(24)20(18)32-12-14-6-4-5-7-15(14)23/h4-10H,3,11-12H2,1-2H3,(H,25,29)/b17-9+. The quantitative estimate of drug-likeness (QED) is 0.349. The molecule has 168 valence electrons. The maximum absolute atomic E-state index is 12.5.